The molecular formula is C18H30N2O. The van der Waals surface area contributed by atoms with E-state index in [4.69, 9.17) is 4.74 Å². The van der Waals surface area contributed by atoms with Gasteiger partial charge in [-0.15, -0.1) is 0 Å². The number of nitrogens with one attached hydrogen (secondary N) is 1. The van der Waals surface area contributed by atoms with Crippen LogP contribution in [0.25, 0.3) is 0 Å². The Balaban J connectivity index is 1.81. The number of likely N-dealkylation sites (N-methyl/N-ethyl adjacent to an activating group) is 1. The number of benzene rings is 1. The minimum Gasteiger partial charge on any atom is -0.377 e. The van der Waals surface area contributed by atoms with Gasteiger partial charge in [-0.25, -0.2) is 0 Å². The van der Waals surface area contributed by atoms with Crippen molar-refractivity contribution in [2.75, 3.05) is 20.2 Å². The quantitative estimate of drug-likeness (QED) is 0.835. The largest absolute Gasteiger partial charge is 0.377 e. The van der Waals surface area contributed by atoms with Gasteiger partial charge in [0.2, 0.25) is 0 Å². The molecule has 1 heterocycles. The molecule has 118 valence electrons. The van der Waals surface area contributed by atoms with Crippen LogP contribution in [0.1, 0.15) is 38.3 Å². The highest BCUT2D eigenvalue weighted by Crippen LogP contribution is 2.20. The summed E-state index contributed by atoms with van der Waals surface area (Å²) in [4.78, 5) is 2.42. The molecule has 0 spiro atoms. The van der Waals surface area contributed by atoms with Crippen LogP contribution >= 0.6 is 0 Å². The van der Waals surface area contributed by atoms with Crippen molar-refractivity contribution in [3.8, 4) is 0 Å². The fourth-order valence-electron chi connectivity index (χ4n) is 2.97. The van der Waals surface area contributed by atoms with Crippen molar-refractivity contribution < 1.29 is 4.74 Å². The molecule has 0 aromatic heterocycles. The molecule has 1 N–H and O–H groups in total. The normalized spacial score (nSPS) is 22.4. The molecule has 1 aliphatic rings. The van der Waals surface area contributed by atoms with Gasteiger partial charge < -0.3 is 10.1 Å². The van der Waals surface area contributed by atoms with Crippen LogP contribution in [-0.4, -0.2) is 37.2 Å². The van der Waals surface area contributed by atoms with E-state index in [1.54, 1.807) is 0 Å². The predicted octanol–water partition coefficient (Wildman–Crippen LogP) is 3.04. The van der Waals surface area contributed by atoms with Gasteiger partial charge in [0, 0.05) is 25.7 Å². The lowest BCUT2D eigenvalue weighted by Crippen LogP contribution is -2.36. The molecule has 0 bridgehead atoms. The zero-order valence-electron chi connectivity index (χ0n) is 13.9. The Kier molecular flexibility index (Phi) is 6.22. The fraction of sp³-hybridized carbons (Fsp3) is 0.667. The molecule has 1 fully saturated rings. The van der Waals surface area contributed by atoms with Crippen LogP contribution in [-0.2, 0) is 17.8 Å². The third kappa shape index (κ3) is 5.10. The van der Waals surface area contributed by atoms with E-state index in [-0.39, 0.29) is 0 Å². The van der Waals surface area contributed by atoms with Crippen molar-refractivity contribution >= 4 is 0 Å². The highest BCUT2D eigenvalue weighted by Gasteiger charge is 2.27. The standard InChI is InChI=1S/C18H30N2O/c1-14(2)11-19-12-16-5-7-17(8-6-16)13-20(4)18-9-10-21-15(18)3/h5-8,14-15,18-19H,9-13H2,1-4H3. The minimum atomic E-state index is 0.356. The molecule has 1 aromatic carbocycles. The molecule has 0 radical (unpaired) electrons. The van der Waals surface area contributed by atoms with Gasteiger partial charge in [0.15, 0.2) is 0 Å². The second-order valence-corrected chi connectivity index (χ2v) is 6.69. The first-order chi connectivity index (χ1) is 10.1. The molecule has 0 amide bonds. The molecule has 3 nitrogen and oxygen atoms in total. The number of nitrogens with zero attached hydrogens (tertiary/aromatic N) is 1. The lowest BCUT2D eigenvalue weighted by Gasteiger charge is -2.26. The van der Waals surface area contributed by atoms with Gasteiger partial charge in [-0.3, -0.25) is 4.90 Å². The van der Waals surface area contributed by atoms with Crippen LogP contribution in [0.3, 0.4) is 0 Å². The summed E-state index contributed by atoms with van der Waals surface area (Å²) >= 11 is 0. The fourth-order valence-corrected chi connectivity index (χ4v) is 2.97. The van der Waals surface area contributed by atoms with Gasteiger partial charge in [-0.2, -0.15) is 0 Å². The lowest BCUT2D eigenvalue weighted by atomic mass is 10.1. The minimum absolute atomic E-state index is 0.356. The summed E-state index contributed by atoms with van der Waals surface area (Å²) in [6.07, 6.45) is 1.50. The molecule has 0 saturated carbocycles. The molecule has 1 saturated heterocycles. The summed E-state index contributed by atoms with van der Waals surface area (Å²) in [7, 11) is 2.20. The van der Waals surface area contributed by atoms with Crippen molar-refractivity contribution in [1.82, 2.24) is 10.2 Å². The molecule has 21 heavy (non-hydrogen) atoms. The van der Waals surface area contributed by atoms with Crippen LogP contribution in [0, 0.1) is 5.92 Å². The smallest absolute Gasteiger partial charge is 0.0703 e. The van der Waals surface area contributed by atoms with Gasteiger partial charge in [-0.1, -0.05) is 38.1 Å². The molecule has 2 rings (SSSR count). The highest BCUT2D eigenvalue weighted by atomic mass is 16.5. The third-order valence-corrected chi connectivity index (χ3v) is 4.24. The second kappa shape index (κ2) is 7.92. The monoisotopic (exact) mass is 290 g/mol. The first-order valence-electron chi connectivity index (χ1n) is 8.16. The van der Waals surface area contributed by atoms with Gasteiger partial charge >= 0.3 is 0 Å². The summed E-state index contributed by atoms with van der Waals surface area (Å²) in [6.45, 7) is 10.6. The number of hydrogen-bond acceptors (Lipinski definition) is 3. The Hall–Kier alpha value is -0.900. The van der Waals surface area contributed by atoms with E-state index in [1.807, 2.05) is 0 Å². The summed E-state index contributed by atoms with van der Waals surface area (Å²) in [5.74, 6) is 0.702. The predicted molar refractivity (Wildman–Crippen MR) is 88.3 cm³/mol. The Morgan fingerprint density at radius 1 is 1.24 bits per heavy atom. The SMILES string of the molecule is CC(C)CNCc1ccc(CN(C)C2CCOC2C)cc1. The van der Waals surface area contributed by atoms with E-state index < -0.39 is 0 Å². The van der Waals surface area contributed by atoms with Crippen LogP contribution < -0.4 is 5.32 Å². The number of rotatable bonds is 7. The van der Waals surface area contributed by atoms with Crippen molar-refractivity contribution in [2.24, 2.45) is 5.92 Å². The van der Waals surface area contributed by atoms with E-state index in [0.717, 1.165) is 32.7 Å². The zero-order chi connectivity index (χ0) is 15.2. The van der Waals surface area contributed by atoms with Crippen molar-refractivity contribution in [1.29, 1.82) is 0 Å². The van der Waals surface area contributed by atoms with Crippen LogP contribution in [0.2, 0.25) is 0 Å². The van der Waals surface area contributed by atoms with Gasteiger partial charge in [0.05, 0.1) is 6.10 Å². The van der Waals surface area contributed by atoms with E-state index in [2.05, 4.69) is 62.3 Å². The van der Waals surface area contributed by atoms with Crippen molar-refractivity contribution in [3.05, 3.63) is 35.4 Å². The molecule has 3 heteroatoms. The maximum absolute atomic E-state index is 5.66. The average molecular weight is 290 g/mol. The van der Waals surface area contributed by atoms with Crippen LogP contribution in [0.5, 0.6) is 0 Å². The lowest BCUT2D eigenvalue weighted by molar-refractivity contribution is 0.0814. The third-order valence-electron chi connectivity index (χ3n) is 4.24. The molecule has 1 aromatic rings. The van der Waals surface area contributed by atoms with Crippen molar-refractivity contribution in [2.45, 2.75) is 52.4 Å². The molecule has 1 aliphatic heterocycles. The first kappa shape index (κ1) is 16.5. The van der Waals surface area contributed by atoms with E-state index in [1.165, 1.54) is 11.1 Å². The molecular weight excluding hydrogens is 260 g/mol. The van der Waals surface area contributed by atoms with E-state index in [0.29, 0.717) is 18.1 Å². The maximum atomic E-state index is 5.66. The molecule has 2 atom stereocenters. The van der Waals surface area contributed by atoms with E-state index >= 15 is 0 Å². The Bertz CT molecular complexity index is 416. The second-order valence-electron chi connectivity index (χ2n) is 6.69. The highest BCUT2D eigenvalue weighted by molar-refractivity contribution is 5.22. The number of hydrogen-bond donors (Lipinski definition) is 1. The zero-order valence-corrected chi connectivity index (χ0v) is 13.9. The Labute approximate surface area is 129 Å². The maximum Gasteiger partial charge on any atom is 0.0703 e. The summed E-state index contributed by atoms with van der Waals surface area (Å²) < 4.78 is 5.66. The van der Waals surface area contributed by atoms with Crippen LogP contribution in [0.4, 0.5) is 0 Å². The van der Waals surface area contributed by atoms with Crippen molar-refractivity contribution in [3.63, 3.8) is 0 Å². The van der Waals surface area contributed by atoms with Crippen LogP contribution in [0.15, 0.2) is 24.3 Å². The summed E-state index contributed by atoms with van der Waals surface area (Å²) in [5, 5.41) is 3.48. The van der Waals surface area contributed by atoms with Gasteiger partial charge in [0.1, 0.15) is 0 Å². The Morgan fingerprint density at radius 3 is 2.48 bits per heavy atom. The van der Waals surface area contributed by atoms with Gasteiger partial charge in [-0.05, 0) is 44.0 Å². The van der Waals surface area contributed by atoms with E-state index in [9.17, 15) is 0 Å². The van der Waals surface area contributed by atoms with Gasteiger partial charge in [0.25, 0.3) is 0 Å². The average Bonchev–Trinajstić information content (AvgIpc) is 2.87. The first-order valence-corrected chi connectivity index (χ1v) is 8.16. The molecule has 2 unspecified atom stereocenters. The summed E-state index contributed by atoms with van der Waals surface area (Å²) in [5.41, 5.74) is 2.74. The summed E-state index contributed by atoms with van der Waals surface area (Å²) in [6, 6.07) is 9.54. The number of ether oxygens (including phenoxy) is 1. The molecule has 0 aliphatic carbocycles. The Morgan fingerprint density at radius 2 is 1.90 bits per heavy atom. The topological polar surface area (TPSA) is 24.5 Å².